The average molecular weight is 296 g/mol. The van der Waals surface area contributed by atoms with E-state index >= 15 is 0 Å². The molecular weight excluding hydrogens is 281 g/mol. The molecule has 0 aromatic rings. The third kappa shape index (κ3) is 6.76. The zero-order valence-corrected chi connectivity index (χ0v) is 11.1. The third-order valence-corrected chi connectivity index (χ3v) is 2.37. The highest BCUT2D eigenvalue weighted by Gasteiger charge is 2.30. The molecule has 0 aliphatic rings. The zero-order chi connectivity index (χ0) is 16.1. The number of hydrogen-bond acceptors (Lipinski definition) is 3. The number of alkyl halides is 3. The lowest BCUT2D eigenvalue weighted by molar-refractivity contribution is -0.138. The lowest BCUT2D eigenvalue weighted by Gasteiger charge is -2.16. The number of hydrogen-bond donors (Lipinski definition) is 3. The summed E-state index contributed by atoms with van der Waals surface area (Å²) in [5, 5.41) is 12.3. The topological polar surface area (TPSA) is 95.5 Å². The Labute approximate surface area is 113 Å². The predicted molar refractivity (Wildman–Crippen MR) is 62.8 cm³/mol. The summed E-state index contributed by atoms with van der Waals surface area (Å²) in [6.07, 6.45) is -5.68. The van der Waals surface area contributed by atoms with E-state index in [1.54, 1.807) is 5.32 Å². The van der Waals surface area contributed by atoms with Gasteiger partial charge in [0.2, 0.25) is 0 Å². The highest BCUT2D eigenvalue weighted by Crippen LogP contribution is 2.21. The van der Waals surface area contributed by atoms with Crippen LogP contribution in [0.15, 0.2) is 11.1 Å². The summed E-state index contributed by atoms with van der Waals surface area (Å²) < 4.78 is 36.1. The lowest BCUT2D eigenvalue weighted by atomic mass is 10.1. The lowest BCUT2D eigenvalue weighted by Crippen LogP contribution is -2.45. The maximum Gasteiger partial charge on any atom is 0.391 e. The molecule has 0 aromatic heterocycles. The van der Waals surface area contributed by atoms with Gasteiger partial charge in [-0.25, -0.2) is 9.59 Å². The number of aliphatic carboxylic acids is 1. The number of nitrogens with one attached hydrogen (secondary N) is 2. The Kier molecular flexibility index (Phi) is 6.21. The minimum Gasteiger partial charge on any atom is -0.478 e. The summed E-state index contributed by atoms with van der Waals surface area (Å²) in [6.45, 7) is 3.48. The second-order valence-corrected chi connectivity index (χ2v) is 4.20. The minimum atomic E-state index is -4.44. The van der Waals surface area contributed by atoms with Gasteiger partial charge in [-0.15, -0.1) is 0 Å². The number of urea groups is 1. The number of halogens is 3. The van der Waals surface area contributed by atoms with Crippen LogP contribution in [-0.2, 0) is 9.59 Å². The van der Waals surface area contributed by atoms with Crippen LogP contribution < -0.4 is 10.6 Å². The number of carbonyl (C=O) groups excluding carboxylic acids is 2. The van der Waals surface area contributed by atoms with Gasteiger partial charge in [-0.1, -0.05) is 0 Å². The second-order valence-electron chi connectivity index (χ2n) is 4.20. The number of carbonyl (C=O) groups is 3. The Morgan fingerprint density at radius 2 is 1.65 bits per heavy atom. The smallest absolute Gasteiger partial charge is 0.391 e. The third-order valence-electron chi connectivity index (χ3n) is 2.37. The maximum absolute atomic E-state index is 12.0. The first-order valence-electron chi connectivity index (χ1n) is 5.53. The van der Waals surface area contributed by atoms with Crippen LogP contribution in [0.4, 0.5) is 18.0 Å². The van der Waals surface area contributed by atoms with Gasteiger partial charge in [0.25, 0.3) is 5.91 Å². The number of carboxylic acid groups (broad SMARTS) is 1. The van der Waals surface area contributed by atoms with E-state index in [1.165, 1.54) is 13.8 Å². The van der Waals surface area contributed by atoms with E-state index in [2.05, 4.69) is 0 Å². The zero-order valence-electron chi connectivity index (χ0n) is 11.1. The van der Waals surface area contributed by atoms with Crippen molar-refractivity contribution in [3.8, 4) is 0 Å². The molecular formula is C11H15F3N2O4. The Morgan fingerprint density at radius 1 is 1.15 bits per heavy atom. The Hall–Kier alpha value is -2.06. The molecule has 3 amide bonds. The number of rotatable bonds is 4. The van der Waals surface area contributed by atoms with E-state index in [0.717, 1.165) is 6.92 Å². The van der Waals surface area contributed by atoms with Crippen molar-refractivity contribution in [2.24, 2.45) is 0 Å². The van der Waals surface area contributed by atoms with Gasteiger partial charge < -0.3 is 10.4 Å². The molecule has 0 saturated heterocycles. The fraction of sp³-hybridized carbons (Fsp3) is 0.545. The second kappa shape index (κ2) is 6.92. The van der Waals surface area contributed by atoms with E-state index < -0.39 is 36.5 Å². The molecule has 0 aromatic carbocycles. The molecule has 20 heavy (non-hydrogen) atoms. The van der Waals surface area contributed by atoms with Crippen LogP contribution in [0.3, 0.4) is 0 Å². The van der Waals surface area contributed by atoms with Crippen LogP contribution in [0.5, 0.6) is 0 Å². The molecule has 0 heterocycles. The van der Waals surface area contributed by atoms with Crippen LogP contribution in [0.25, 0.3) is 0 Å². The average Bonchev–Trinajstić information content (AvgIpc) is 2.23. The summed E-state index contributed by atoms with van der Waals surface area (Å²) in [4.78, 5) is 33.3. The maximum atomic E-state index is 12.0. The van der Waals surface area contributed by atoms with Gasteiger partial charge in [0.15, 0.2) is 0 Å². The fourth-order valence-electron chi connectivity index (χ4n) is 1.19. The van der Waals surface area contributed by atoms with Crippen molar-refractivity contribution in [2.75, 3.05) is 0 Å². The standard InChI is InChI=1S/C11H15F3N2O4/c1-5(4-11(12,13)14)15-10(20)16-8(17)6(2)7(3)9(18)19/h5H,4H2,1-3H3,(H,18,19)(H2,15,16,17,20). The van der Waals surface area contributed by atoms with Crippen molar-refractivity contribution < 1.29 is 32.7 Å². The minimum absolute atomic E-state index is 0.212. The molecule has 0 saturated carbocycles. The van der Waals surface area contributed by atoms with Gasteiger partial charge in [-0.2, -0.15) is 13.2 Å². The van der Waals surface area contributed by atoms with Crippen LogP contribution in [0.1, 0.15) is 27.2 Å². The normalized spacial score (nSPS) is 14.1. The Balaban J connectivity index is 4.53. The van der Waals surface area contributed by atoms with Gasteiger partial charge in [0.1, 0.15) is 0 Å². The van der Waals surface area contributed by atoms with Crippen molar-refractivity contribution in [3.05, 3.63) is 11.1 Å². The van der Waals surface area contributed by atoms with Gasteiger partial charge in [-0.05, 0) is 20.8 Å². The van der Waals surface area contributed by atoms with Crippen LogP contribution >= 0.6 is 0 Å². The van der Waals surface area contributed by atoms with E-state index in [0.29, 0.717) is 0 Å². The van der Waals surface area contributed by atoms with E-state index in [-0.39, 0.29) is 11.1 Å². The van der Waals surface area contributed by atoms with Crippen molar-refractivity contribution in [2.45, 2.75) is 39.4 Å². The molecule has 9 heteroatoms. The SMILES string of the molecule is CC(C(=O)O)=C(C)C(=O)NC(=O)NC(C)CC(F)(F)F. The molecule has 0 fully saturated rings. The van der Waals surface area contributed by atoms with Crippen LogP contribution in [0.2, 0.25) is 0 Å². The summed E-state index contributed by atoms with van der Waals surface area (Å²) in [6, 6.07) is -2.34. The van der Waals surface area contributed by atoms with E-state index in [1.807, 2.05) is 5.32 Å². The molecule has 0 spiro atoms. The number of amides is 3. The Morgan fingerprint density at radius 3 is 2.05 bits per heavy atom. The number of imide groups is 1. The largest absolute Gasteiger partial charge is 0.478 e. The molecule has 1 unspecified atom stereocenters. The van der Waals surface area contributed by atoms with E-state index in [9.17, 15) is 27.6 Å². The molecule has 3 N–H and O–H groups in total. The fourth-order valence-corrected chi connectivity index (χ4v) is 1.19. The first-order chi connectivity index (χ1) is 8.94. The van der Waals surface area contributed by atoms with Crippen molar-refractivity contribution in [1.29, 1.82) is 0 Å². The van der Waals surface area contributed by atoms with E-state index in [4.69, 9.17) is 5.11 Å². The van der Waals surface area contributed by atoms with Gasteiger partial charge >= 0.3 is 18.2 Å². The summed E-state index contributed by atoms with van der Waals surface area (Å²) in [7, 11) is 0. The molecule has 0 aliphatic heterocycles. The predicted octanol–water partition coefficient (Wildman–Crippen LogP) is 1.57. The summed E-state index contributed by atoms with van der Waals surface area (Å²) >= 11 is 0. The Bertz CT molecular complexity index is 443. The molecule has 114 valence electrons. The van der Waals surface area contributed by atoms with Crippen LogP contribution in [0, 0.1) is 0 Å². The first kappa shape index (κ1) is 17.9. The molecule has 1 atom stereocenters. The van der Waals surface area contributed by atoms with Gasteiger partial charge in [0, 0.05) is 17.2 Å². The van der Waals surface area contributed by atoms with Crippen molar-refractivity contribution in [1.82, 2.24) is 10.6 Å². The highest BCUT2D eigenvalue weighted by atomic mass is 19.4. The first-order valence-corrected chi connectivity index (χ1v) is 5.53. The van der Waals surface area contributed by atoms with Gasteiger partial charge in [-0.3, -0.25) is 10.1 Å². The highest BCUT2D eigenvalue weighted by molar-refractivity contribution is 6.07. The summed E-state index contributed by atoms with van der Waals surface area (Å²) in [5.74, 6) is -2.31. The monoisotopic (exact) mass is 296 g/mol. The van der Waals surface area contributed by atoms with Crippen molar-refractivity contribution >= 4 is 17.9 Å². The van der Waals surface area contributed by atoms with Gasteiger partial charge in [0.05, 0.1) is 6.42 Å². The molecule has 0 aliphatic carbocycles. The van der Waals surface area contributed by atoms with Crippen molar-refractivity contribution in [3.63, 3.8) is 0 Å². The van der Waals surface area contributed by atoms with Crippen LogP contribution in [-0.4, -0.2) is 35.2 Å². The molecule has 0 radical (unpaired) electrons. The summed E-state index contributed by atoms with van der Waals surface area (Å²) in [5.41, 5.74) is -0.477. The molecule has 0 rings (SSSR count). The molecule has 0 bridgehead atoms. The molecule has 6 nitrogen and oxygen atoms in total. The quantitative estimate of drug-likeness (QED) is 0.686. The number of carboxylic acids is 1.